The summed E-state index contributed by atoms with van der Waals surface area (Å²) in [6.07, 6.45) is -0.781. The van der Waals surface area contributed by atoms with Crippen LogP contribution in [0.25, 0.3) is 21.5 Å². The molecule has 4 heterocycles. The summed E-state index contributed by atoms with van der Waals surface area (Å²) in [5.41, 5.74) is 2.71. The predicted octanol–water partition coefficient (Wildman–Crippen LogP) is 4.23. The molecule has 176 valence electrons. The van der Waals surface area contributed by atoms with Gasteiger partial charge in [0.15, 0.2) is 6.10 Å². The van der Waals surface area contributed by atoms with Crippen LogP contribution in [-0.4, -0.2) is 60.7 Å². The normalized spacial score (nSPS) is 17.7. The van der Waals surface area contributed by atoms with E-state index in [4.69, 9.17) is 14.5 Å². The lowest BCUT2D eigenvalue weighted by atomic mass is 10.0. The van der Waals surface area contributed by atoms with Crippen LogP contribution in [0.3, 0.4) is 0 Å². The summed E-state index contributed by atoms with van der Waals surface area (Å²) in [5, 5.41) is 2.77. The van der Waals surface area contributed by atoms with E-state index in [2.05, 4.69) is 0 Å². The van der Waals surface area contributed by atoms with Gasteiger partial charge in [0, 0.05) is 18.5 Å². The van der Waals surface area contributed by atoms with Crippen molar-refractivity contribution >= 4 is 39.7 Å². The topological polar surface area (TPSA) is 72.0 Å². The van der Waals surface area contributed by atoms with Gasteiger partial charge in [0.1, 0.15) is 5.75 Å². The maximum atomic E-state index is 14.1. The number of fused-ring (bicyclic) bond motifs is 2. The Labute approximate surface area is 206 Å². The maximum Gasteiger partial charge on any atom is 0.265 e. The molecule has 1 atom stereocenters. The zero-order valence-corrected chi connectivity index (χ0v) is 19.7. The molecule has 35 heavy (non-hydrogen) atoms. The molecule has 6 rings (SSSR count). The van der Waals surface area contributed by atoms with E-state index in [1.165, 1.54) is 0 Å². The number of amides is 2. The molecular formula is C27H23N3O4S. The molecule has 2 aromatic carbocycles. The van der Waals surface area contributed by atoms with Crippen molar-refractivity contribution in [2.24, 2.45) is 0 Å². The van der Waals surface area contributed by atoms with Crippen LogP contribution in [-0.2, 0) is 9.53 Å². The highest BCUT2D eigenvalue weighted by Crippen LogP contribution is 2.36. The van der Waals surface area contributed by atoms with Crippen LogP contribution in [0, 0.1) is 0 Å². The number of para-hydroxylation sites is 3. The summed E-state index contributed by atoms with van der Waals surface area (Å²) in [4.78, 5) is 36.6. The van der Waals surface area contributed by atoms with Crippen molar-refractivity contribution in [3.63, 3.8) is 0 Å². The highest BCUT2D eigenvalue weighted by Gasteiger charge is 2.37. The van der Waals surface area contributed by atoms with Crippen molar-refractivity contribution in [1.82, 2.24) is 9.88 Å². The van der Waals surface area contributed by atoms with Crippen LogP contribution in [0.2, 0.25) is 0 Å². The first-order valence-electron chi connectivity index (χ1n) is 11.6. The third kappa shape index (κ3) is 4.05. The number of rotatable bonds is 3. The van der Waals surface area contributed by atoms with Gasteiger partial charge in [0.25, 0.3) is 11.8 Å². The molecule has 1 fully saturated rings. The van der Waals surface area contributed by atoms with E-state index in [0.717, 1.165) is 21.5 Å². The summed E-state index contributed by atoms with van der Waals surface area (Å²) >= 11 is 1.58. The summed E-state index contributed by atoms with van der Waals surface area (Å²) < 4.78 is 11.5. The van der Waals surface area contributed by atoms with Crippen molar-refractivity contribution in [3.05, 3.63) is 77.7 Å². The highest BCUT2D eigenvalue weighted by molar-refractivity contribution is 7.13. The number of ether oxygens (including phenoxy) is 2. The van der Waals surface area contributed by atoms with Gasteiger partial charge in [-0.3, -0.25) is 9.59 Å². The summed E-state index contributed by atoms with van der Waals surface area (Å²) in [5.74, 6) is 0.215. The number of pyridine rings is 1. The molecular weight excluding hydrogens is 462 g/mol. The summed E-state index contributed by atoms with van der Waals surface area (Å²) in [6.45, 7) is 2.19. The van der Waals surface area contributed by atoms with E-state index in [0.29, 0.717) is 43.3 Å². The van der Waals surface area contributed by atoms with Gasteiger partial charge in [-0.1, -0.05) is 36.4 Å². The zero-order valence-electron chi connectivity index (χ0n) is 18.9. The van der Waals surface area contributed by atoms with Gasteiger partial charge in [-0.15, -0.1) is 11.3 Å². The van der Waals surface area contributed by atoms with E-state index < -0.39 is 6.10 Å². The molecule has 4 aromatic rings. The summed E-state index contributed by atoms with van der Waals surface area (Å²) in [6, 6.07) is 20.9. The minimum Gasteiger partial charge on any atom is -0.476 e. The number of anilines is 1. The van der Waals surface area contributed by atoms with E-state index in [-0.39, 0.29) is 18.4 Å². The molecule has 0 saturated carbocycles. The molecule has 0 aliphatic carbocycles. The molecule has 1 unspecified atom stereocenters. The molecule has 1 saturated heterocycles. The van der Waals surface area contributed by atoms with Crippen LogP contribution in [0.4, 0.5) is 5.69 Å². The highest BCUT2D eigenvalue weighted by atomic mass is 32.1. The van der Waals surface area contributed by atoms with E-state index in [9.17, 15) is 9.59 Å². The van der Waals surface area contributed by atoms with Gasteiger partial charge in [0.2, 0.25) is 0 Å². The molecule has 0 spiro atoms. The number of morpholine rings is 1. The minimum absolute atomic E-state index is 0.125. The Kier molecular flexibility index (Phi) is 5.67. The second kappa shape index (κ2) is 9.13. The number of benzene rings is 2. The third-order valence-electron chi connectivity index (χ3n) is 6.34. The van der Waals surface area contributed by atoms with Crippen LogP contribution >= 0.6 is 11.3 Å². The molecule has 2 aliphatic rings. The first-order valence-corrected chi connectivity index (χ1v) is 12.4. The first kappa shape index (κ1) is 21.8. The molecule has 0 radical (unpaired) electrons. The number of carbonyl (C=O) groups is 2. The van der Waals surface area contributed by atoms with Crippen LogP contribution < -0.4 is 9.64 Å². The smallest absolute Gasteiger partial charge is 0.265 e. The van der Waals surface area contributed by atoms with E-state index in [1.807, 2.05) is 66.0 Å². The number of thiophene rings is 1. The Morgan fingerprint density at radius 3 is 2.60 bits per heavy atom. The van der Waals surface area contributed by atoms with Gasteiger partial charge in [0.05, 0.1) is 47.1 Å². The fourth-order valence-corrected chi connectivity index (χ4v) is 5.28. The Balaban J connectivity index is 1.41. The SMILES string of the molecule is O=C(C1CN(C(=O)c2cc(-c3cccs3)nc3ccccc23)c2ccccc2O1)N1CCOCC1. The maximum absolute atomic E-state index is 14.1. The van der Waals surface area contributed by atoms with Crippen molar-refractivity contribution < 1.29 is 19.1 Å². The van der Waals surface area contributed by atoms with Crippen molar-refractivity contribution in [1.29, 1.82) is 0 Å². The van der Waals surface area contributed by atoms with Crippen molar-refractivity contribution in [2.45, 2.75) is 6.10 Å². The van der Waals surface area contributed by atoms with Gasteiger partial charge in [-0.2, -0.15) is 0 Å². The fourth-order valence-electron chi connectivity index (χ4n) is 4.59. The number of aromatic nitrogens is 1. The second-order valence-corrected chi connectivity index (χ2v) is 9.42. The summed E-state index contributed by atoms with van der Waals surface area (Å²) in [7, 11) is 0. The Morgan fingerprint density at radius 1 is 0.971 bits per heavy atom. The molecule has 2 aliphatic heterocycles. The number of nitrogens with zero attached hydrogens (tertiary/aromatic N) is 3. The lowest BCUT2D eigenvalue weighted by Crippen LogP contribution is -2.54. The van der Waals surface area contributed by atoms with Crippen molar-refractivity contribution in [3.8, 4) is 16.3 Å². The first-order chi connectivity index (χ1) is 17.2. The molecule has 0 bridgehead atoms. The second-order valence-electron chi connectivity index (χ2n) is 8.48. The number of carbonyl (C=O) groups excluding carboxylic acids is 2. The monoisotopic (exact) mass is 485 g/mol. The van der Waals surface area contributed by atoms with Gasteiger partial charge < -0.3 is 19.3 Å². The Hall–Kier alpha value is -3.75. The third-order valence-corrected chi connectivity index (χ3v) is 7.23. The molecule has 2 amide bonds. The van der Waals surface area contributed by atoms with Crippen LogP contribution in [0.15, 0.2) is 72.1 Å². The van der Waals surface area contributed by atoms with Gasteiger partial charge >= 0.3 is 0 Å². The molecule has 7 nitrogen and oxygen atoms in total. The number of hydrogen-bond acceptors (Lipinski definition) is 6. The predicted molar refractivity (Wildman–Crippen MR) is 135 cm³/mol. The van der Waals surface area contributed by atoms with E-state index in [1.54, 1.807) is 27.2 Å². The van der Waals surface area contributed by atoms with Crippen molar-refractivity contribution in [2.75, 3.05) is 37.7 Å². The minimum atomic E-state index is -0.781. The quantitative estimate of drug-likeness (QED) is 0.434. The Bertz CT molecular complexity index is 1400. The lowest BCUT2D eigenvalue weighted by molar-refractivity contribution is -0.142. The number of hydrogen-bond donors (Lipinski definition) is 0. The van der Waals surface area contributed by atoms with Gasteiger partial charge in [-0.05, 0) is 35.7 Å². The standard InChI is InChI=1S/C27H23N3O4S/c31-26(19-16-21(25-10-5-15-35-25)28-20-7-2-1-6-18(19)20)30-17-24(27(32)29-11-13-33-14-12-29)34-23-9-4-3-8-22(23)30/h1-10,15-16,24H,11-14,17H2. The fraction of sp³-hybridized carbons (Fsp3) is 0.222. The van der Waals surface area contributed by atoms with Crippen LogP contribution in [0.5, 0.6) is 5.75 Å². The lowest BCUT2D eigenvalue weighted by Gasteiger charge is -2.37. The zero-order chi connectivity index (χ0) is 23.8. The van der Waals surface area contributed by atoms with E-state index >= 15 is 0 Å². The van der Waals surface area contributed by atoms with Crippen LogP contribution in [0.1, 0.15) is 10.4 Å². The molecule has 0 N–H and O–H groups in total. The average Bonchev–Trinajstić information content (AvgIpc) is 3.47. The largest absolute Gasteiger partial charge is 0.476 e. The average molecular weight is 486 g/mol. The molecule has 8 heteroatoms. The van der Waals surface area contributed by atoms with Gasteiger partial charge in [-0.25, -0.2) is 4.98 Å². The Morgan fingerprint density at radius 2 is 1.77 bits per heavy atom. The molecule has 2 aromatic heterocycles.